The van der Waals surface area contributed by atoms with E-state index < -0.39 is 0 Å². The summed E-state index contributed by atoms with van der Waals surface area (Å²) in [7, 11) is 2.04. The molecule has 4 heteroatoms. The van der Waals surface area contributed by atoms with Gasteiger partial charge in [-0.2, -0.15) is 0 Å². The third-order valence-electron chi connectivity index (χ3n) is 4.40. The molecular weight excluding hydrogens is 310 g/mol. The topological polar surface area (TPSA) is 49.0 Å². The van der Waals surface area contributed by atoms with E-state index in [4.69, 9.17) is 0 Å². The Bertz CT molecular complexity index is 1100. The van der Waals surface area contributed by atoms with Gasteiger partial charge < -0.3 is 4.98 Å². The van der Waals surface area contributed by atoms with E-state index in [2.05, 4.69) is 57.3 Å². The molecule has 0 unspecified atom stereocenters. The number of hydrogen-bond acceptors (Lipinski definition) is 3. The number of rotatable bonds is 4. The summed E-state index contributed by atoms with van der Waals surface area (Å²) in [6, 6.07) is 22.2. The average Bonchev–Trinajstić information content (AvgIpc) is 2.62. The van der Waals surface area contributed by atoms with Gasteiger partial charge in [-0.3, -0.25) is 9.69 Å². The van der Waals surface area contributed by atoms with Crippen LogP contribution < -0.4 is 5.56 Å². The van der Waals surface area contributed by atoms with Crippen molar-refractivity contribution in [2.45, 2.75) is 13.1 Å². The van der Waals surface area contributed by atoms with Gasteiger partial charge in [-0.15, -0.1) is 0 Å². The summed E-state index contributed by atoms with van der Waals surface area (Å²) in [5.74, 6) is 0.687. The van der Waals surface area contributed by atoms with Crippen LogP contribution in [0.25, 0.3) is 21.7 Å². The van der Waals surface area contributed by atoms with Crippen LogP contribution in [0.1, 0.15) is 11.4 Å². The zero-order valence-electron chi connectivity index (χ0n) is 14.1. The lowest BCUT2D eigenvalue weighted by atomic mass is 10.0. The maximum atomic E-state index is 12.2. The fraction of sp³-hybridized carbons (Fsp3) is 0.143. The number of nitrogens with zero attached hydrogens (tertiary/aromatic N) is 2. The molecule has 25 heavy (non-hydrogen) atoms. The molecule has 0 aliphatic rings. The normalized spacial score (nSPS) is 11.4. The first-order valence-corrected chi connectivity index (χ1v) is 8.34. The summed E-state index contributed by atoms with van der Waals surface area (Å²) < 4.78 is 0. The number of aromatic amines is 1. The molecule has 0 saturated heterocycles. The highest BCUT2D eigenvalue weighted by molar-refractivity contribution is 5.85. The Kier molecular flexibility index (Phi) is 4.04. The number of benzene rings is 3. The molecule has 0 amide bonds. The molecule has 124 valence electrons. The van der Waals surface area contributed by atoms with E-state index in [9.17, 15) is 4.79 Å². The first-order chi connectivity index (χ1) is 12.2. The molecule has 0 bridgehead atoms. The Morgan fingerprint density at radius 3 is 2.48 bits per heavy atom. The van der Waals surface area contributed by atoms with Crippen LogP contribution in [-0.2, 0) is 13.1 Å². The minimum Gasteiger partial charge on any atom is -0.309 e. The summed E-state index contributed by atoms with van der Waals surface area (Å²) in [6.07, 6.45) is 0. The van der Waals surface area contributed by atoms with Crippen molar-refractivity contribution in [3.63, 3.8) is 0 Å². The second kappa shape index (κ2) is 6.49. The Labute approximate surface area is 145 Å². The first kappa shape index (κ1) is 15.5. The lowest BCUT2D eigenvalue weighted by Gasteiger charge is -2.17. The molecule has 4 rings (SSSR count). The molecule has 1 heterocycles. The van der Waals surface area contributed by atoms with Gasteiger partial charge in [0.2, 0.25) is 0 Å². The van der Waals surface area contributed by atoms with Crippen molar-refractivity contribution in [1.29, 1.82) is 0 Å². The van der Waals surface area contributed by atoms with Crippen molar-refractivity contribution >= 4 is 21.7 Å². The van der Waals surface area contributed by atoms with E-state index in [1.54, 1.807) is 6.07 Å². The van der Waals surface area contributed by atoms with E-state index in [1.165, 1.54) is 16.3 Å². The van der Waals surface area contributed by atoms with Crippen molar-refractivity contribution in [1.82, 2.24) is 14.9 Å². The van der Waals surface area contributed by atoms with Gasteiger partial charge in [0.1, 0.15) is 5.82 Å². The van der Waals surface area contributed by atoms with Crippen molar-refractivity contribution in [2.75, 3.05) is 7.05 Å². The second-order valence-corrected chi connectivity index (χ2v) is 6.34. The van der Waals surface area contributed by atoms with E-state index >= 15 is 0 Å². The minimum atomic E-state index is -0.0841. The predicted octanol–water partition coefficient (Wildman–Crippen LogP) is 3.71. The minimum absolute atomic E-state index is 0.0841. The van der Waals surface area contributed by atoms with Crippen molar-refractivity contribution in [3.05, 3.63) is 88.5 Å². The third kappa shape index (κ3) is 3.16. The van der Waals surface area contributed by atoms with Gasteiger partial charge in [-0.1, -0.05) is 54.6 Å². The molecule has 0 atom stereocenters. The fourth-order valence-electron chi connectivity index (χ4n) is 3.24. The van der Waals surface area contributed by atoms with Crippen LogP contribution in [0.15, 0.2) is 71.5 Å². The summed E-state index contributed by atoms with van der Waals surface area (Å²) in [5.41, 5.74) is 1.92. The molecule has 0 radical (unpaired) electrons. The second-order valence-electron chi connectivity index (χ2n) is 6.34. The highest BCUT2D eigenvalue weighted by Crippen LogP contribution is 2.20. The number of para-hydroxylation sites is 1. The van der Waals surface area contributed by atoms with Gasteiger partial charge in [-0.25, -0.2) is 4.98 Å². The summed E-state index contributed by atoms with van der Waals surface area (Å²) in [4.78, 5) is 21.8. The van der Waals surface area contributed by atoms with Gasteiger partial charge in [0.25, 0.3) is 5.56 Å². The van der Waals surface area contributed by atoms with Crippen LogP contribution in [0.5, 0.6) is 0 Å². The number of aromatic nitrogens is 2. The molecule has 0 saturated carbocycles. The quantitative estimate of drug-likeness (QED) is 0.621. The largest absolute Gasteiger partial charge is 0.309 e. The highest BCUT2D eigenvalue weighted by Gasteiger charge is 2.08. The predicted molar refractivity (Wildman–Crippen MR) is 101 cm³/mol. The van der Waals surface area contributed by atoms with Crippen LogP contribution >= 0.6 is 0 Å². The number of nitrogens with one attached hydrogen (secondary N) is 1. The van der Waals surface area contributed by atoms with E-state index in [0.717, 1.165) is 12.1 Å². The monoisotopic (exact) mass is 329 g/mol. The van der Waals surface area contributed by atoms with Gasteiger partial charge in [-0.05, 0) is 35.5 Å². The van der Waals surface area contributed by atoms with Gasteiger partial charge in [0, 0.05) is 6.54 Å². The molecule has 3 aromatic carbocycles. The van der Waals surface area contributed by atoms with E-state index in [1.807, 2.05) is 25.2 Å². The van der Waals surface area contributed by atoms with E-state index in [0.29, 0.717) is 17.8 Å². The number of H-pyrrole nitrogens is 1. The van der Waals surface area contributed by atoms with Gasteiger partial charge in [0.15, 0.2) is 0 Å². The average molecular weight is 329 g/mol. The Hall–Kier alpha value is -2.98. The molecule has 0 aliphatic heterocycles. The van der Waals surface area contributed by atoms with Gasteiger partial charge >= 0.3 is 0 Å². The first-order valence-electron chi connectivity index (χ1n) is 8.34. The lowest BCUT2D eigenvalue weighted by molar-refractivity contribution is 0.312. The van der Waals surface area contributed by atoms with E-state index in [-0.39, 0.29) is 5.56 Å². The van der Waals surface area contributed by atoms with Crippen molar-refractivity contribution in [3.8, 4) is 0 Å². The maximum Gasteiger partial charge on any atom is 0.258 e. The smallest absolute Gasteiger partial charge is 0.258 e. The SMILES string of the molecule is CN(Cc1nc2ccccc2c(=O)[nH]1)Cc1cccc2ccccc12. The maximum absolute atomic E-state index is 12.2. The van der Waals surface area contributed by atoms with Crippen LogP contribution in [0.2, 0.25) is 0 Å². The van der Waals surface area contributed by atoms with Crippen molar-refractivity contribution < 1.29 is 0 Å². The lowest BCUT2D eigenvalue weighted by Crippen LogP contribution is -2.22. The molecule has 0 spiro atoms. The van der Waals surface area contributed by atoms with Crippen LogP contribution in [0, 0.1) is 0 Å². The highest BCUT2D eigenvalue weighted by atomic mass is 16.1. The van der Waals surface area contributed by atoms with Gasteiger partial charge in [0.05, 0.1) is 17.4 Å². The zero-order valence-corrected chi connectivity index (χ0v) is 14.1. The van der Waals surface area contributed by atoms with Crippen LogP contribution in [-0.4, -0.2) is 21.9 Å². The fourth-order valence-corrected chi connectivity index (χ4v) is 3.24. The molecule has 4 nitrogen and oxygen atoms in total. The Morgan fingerprint density at radius 2 is 1.60 bits per heavy atom. The Morgan fingerprint density at radius 1 is 0.880 bits per heavy atom. The third-order valence-corrected chi connectivity index (χ3v) is 4.40. The molecular formula is C21H19N3O. The molecule has 0 aliphatic carbocycles. The standard InChI is InChI=1S/C21H19N3O/c1-24(13-16-9-6-8-15-7-2-3-10-17(15)16)14-20-22-19-12-5-4-11-18(19)21(25)23-20/h2-12H,13-14H2,1H3,(H,22,23,25). The van der Waals surface area contributed by atoms with Crippen LogP contribution in [0.3, 0.4) is 0 Å². The molecule has 1 aromatic heterocycles. The van der Waals surface area contributed by atoms with Crippen LogP contribution in [0.4, 0.5) is 0 Å². The summed E-state index contributed by atoms with van der Waals surface area (Å²) in [6.45, 7) is 1.38. The summed E-state index contributed by atoms with van der Waals surface area (Å²) >= 11 is 0. The van der Waals surface area contributed by atoms with Crippen molar-refractivity contribution in [2.24, 2.45) is 0 Å². The molecule has 4 aromatic rings. The summed E-state index contributed by atoms with van der Waals surface area (Å²) in [5, 5.41) is 3.13. The molecule has 1 N–H and O–H groups in total. The number of fused-ring (bicyclic) bond motifs is 2. The number of hydrogen-bond donors (Lipinski definition) is 1. The Balaban J connectivity index is 1.60. The zero-order chi connectivity index (χ0) is 17.2. The molecule has 0 fully saturated rings.